The molecule has 0 saturated carbocycles. The molecule has 0 spiro atoms. The van der Waals surface area contributed by atoms with E-state index in [2.05, 4.69) is 6.07 Å². The van der Waals surface area contributed by atoms with Gasteiger partial charge in [-0.3, -0.25) is 4.79 Å². The van der Waals surface area contributed by atoms with Gasteiger partial charge in [-0.05, 0) is 25.1 Å². The summed E-state index contributed by atoms with van der Waals surface area (Å²) in [6.07, 6.45) is 0. The molecule has 2 rings (SSSR count). The third kappa shape index (κ3) is 2.15. The SMILES string of the molecule is CC(N)CN1C(=O)CN(C)c2cc(C#N)ccc21. The molecule has 94 valence electrons. The van der Waals surface area contributed by atoms with Crippen molar-refractivity contribution >= 4 is 17.3 Å². The second-order valence-corrected chi connectivity index (χ2v) is 4.65. The molecular formula is C13H16N4O. The highest BCUT2D eigenvalue weighted by Crippen LogP contribution is 2.33. The molecule has 1 unspecified atom stereocenters. The molecule has 0 aliphatic carbocycles. The fraction of sp³-hybridized carbons (Fsp3) is 0.385. The molecule has 5 nitrogen and oxygen atoms in total. The quantitative estimate of drug-likeness (QED) is 0.830. The summed E-state index contributed by atoms with van der Waals surface area (Å²) in [7, 11) is 1.85. The maximum Gasteiger partial charge on any atom is 0.246 e. The number of nitrogens with two attached hydrogens (primary N) is 1. The van der Waals surface area contributed by atoms with Crippen molar-refractivity contribution in [1.82, 2.24) is 0 Å². The number of fused-ring (bicyclic) bond motifs is 1. The maximum absolute atomic E-state index is 12.0. The van der Waals surface area contributed by atoms with E-state index in [0.29, 0.717) is 18.7 Å². The molecule has 1 atom stereocenters. The van der Waals surface area contributed by atoms with Gasteiger partial charge in [0.25, 0.3) is 0 Å². The Hall–Kier alpha value is -2.06. The minimum absolute atomic E-state index is 0.0343. The summed E-state index contributed by atoms with van der Waals surface area (Å²) in [5.41, 5.74) is 8.09. The van der Waals surface area contributed by atoms with Crippen LogP contribution in [0, 0.1) is 11.3 Å². The molecule has 0 aromatic heterocycles. The smallest absolute Gasteiger partial charge is 0.246 e. The number of hydrogen-bond acceptors (Lipinski definition) is 4. The maximum atomic E-state index is 12.0. The first-order valence-electron chi connectivity index (χ1n) is 5.84. The van der Waals surface area contributed by atoms with Crippen molar-refractivity contribution in [1.29, 1.82) is 5.26 Å². The van der Waals surface area contributed by atoms with Crippen LogP contribution < -0.4 is 15.5 Å². The highest BCUT2D eigenvalue weighted by Gasteiger charge is 2.27. The van der Waals surface area contributed by atoms with Gasteiger partial charge in [0.15, 0.2) is 0 Å². The van der Waals surface area contributed by atoms with Gasteiger partial charge in [-0.15, -0.1) is 0 Å². The van der Waals surface area contributed by atoms with Gasteiger partial charge in [-0.1, -0.05) is 0 Å². The number of likely N-dealkylation sites (N-methyl/N-ethyl adjacent to an activating group) is 1. The van der Waals surface area contributed by atoms with Crippen molar-refractivity contribution in [3.05, 3.63) is 23.8 Å². The van der Waals surface area contributed by atoms with Crippen molar-refractivity contribution in [2.75, 3.05) is 29.9 Å². The normalized spacial score (nSPS) is 16.2. The summed E-state index contributed by atoms with van der Waals surface area (Å²) in [4.78, 5) is 15.6. The first-order valence-corrected chi connectivity index (χ1v) is 5.84. The molecule has 0 fully saturated rings. The van der Waals surface area contributed by atoms with E-state index >= 15 is 0 Å². The van der Waals surface area contributed by atoms with Gasteiger partial charge in [-0.25, -0.2) is 0 Å². The van der Waals surface area contributed by atoms with Crippen LogP contribution in [-0.4, -0.2) is 32.1 Å². The Kier molecular flexibility index (Phi) is 3.21. The molecule has 1 aromatic carbocycles. The van der Waals surface area contributed by atoms with Crippen LogP contribution in [0.5, 0.6) is 0 Å². The van der Waals surface area contributed by atoms with Crippen LogP contribution in [0.15, 0.2) is 18.2 Å². The van der Waals surface area contributed by atoms with Crippen LogP contribution in [0.2, 0.25) is 0 Å². The zero-order valence-electron chi connectivity index (χ0n) is 10.6. The van der Waals surface area contributed by atoms with Crippen molar-refractivity contribution in [3.8, 4) is 6.07 Å². The standard InChI is InChI=1S/C13H16N4O/c1-9(15)7-17-11-4-3-10(6-14)5-12(11)16(2)8-13(17)18/h3-5,9H,7-8,15H2,1-2H3. The fourth-order valence-corrected chi connectivity index (χ4v) is 2.12. The topological polar surface area (TPSA) is 73.4 Å². The highest BCUT2D eigenvalue weighted by atomic mass is 16.2. The molecule has 0 bridgehead atoms. The molecule has 18 heavy (non-hydrogen) atoms. The summed E-state index contributed by atoms with van der Waals surface area (Å²) < 4.78 is 0. The Balaban J connectivity index is 2.46. The number of benzene rings is 1. The number of hydrogen-bond donors (Lipinski definition) is 1. The summed E-state index contributed by atoms with van der Waals surface area (Å²) in [5.74, 6) is 0.0343. The Morgan fingerprint density at radius 3 is 2.83 bits per heavy atom. The van der Waals surface area contributed by atoms with E-state index in [1.54, 1.807) is 17.0 Å². The zero-order chi connectivity index (χ0) is 13.3. The lowest BCUT2D eigenvalue weighted by Gasteiger charge is -2.36. The van der Waals surface area contributed by atoms with E-state index in [1.807, 2.05) is 24.9 Å². The summed E-state index contributed by atoms with van der Waals surface area (Å²) in [6, 6.07) is 7.36. The monoisotopic (exact) mass is 244 g/mol. The van der Waals surface area contributed by atoms with E-state index in [0.717, 1.165) is 11.4 Å². The first-order chi connectivity index (χ1) is 8.52. The molecule has 1 aliphatic heterocycles. The molecule has 1 aliphatic rings. The minimum atomic E-state index is -0.0825. The molecular weight excluding hydrogens is 228 g/mol. The first kappa shape index (κ1) is 12.4. The predicted octanol–water partition coefficient (Wildman–Crippen LogP) is 0.688. The molecule has 1 amide bonds. The van der Waals surface area contributed by atoms with Gasteiger partial charge in [0, 0.05) is 19.6 Å². The van der Waals surface area contributed by atoms with Crippen molar-refractivity contribution in [3.63, 3.8) is 0 Å². The Morgan fingerprint density at radius 2 is 2.22 bits per heavy atom. The van der Waals surface area contributed by atoms with Crippen LogP contribution >= 0.6 is 0 Å². The molecule has 2 N–H and O–H groups in total. The van der Waals surface area contributed by atoms with E-state index in [-0.39, 0.29) is 11.9 Å². The third-order valence-corrected chi connectivity index (χ3v) is 2.95. The van der Waals surface area contributed by atoms with Gasteiger partial charge < -0.3 is 15.5 Å². The lowest BCUT2D eigenvalue weighted by Crippen LogP contribution is -2.48. The lowest BCUT2D eigenvalue weighted by molar-refractivity contribution is -0.117. The number of anilines is 2. The van der Waals surface area contributed by atoms with Crippen LogP contribution in [0.25, 0.3) is 0 Å². The largest absolute Gasteiger partial charge is 0.364 e. The van der Waals surface area contributed by atoms with Crippen LogP contribution in [-0.2, 0) is 4.79 Å². The average Bonchev–Trinajstić information content (AvgIpc) is 2.33. The number of amides is 1. The van der Waals surface area contributed by atoms with Crippen molar-refractivity contribution in [2.45, 2.75) is 13.0 Å². The highest BCUT2D eigenvalue weighted by molar-refractivity contribution is 6.03. The molecule has 0 radical (unpaired) electrons. The van der Waals surface area contributed by atoms with E-state index in [9.17, 15) is 4.79 Å². The summed E-state index contributed by atoms with van der Waals surface area (Å²) >= 11 is 0. The van der Waals surface area contributed by atoms with Crippen molar-refractivity contribution < 1.29 is 4.79 Å². The van der Waals surface area contributed by atoms with Gasteiger partial charge in [0.2, 0.25) is 5.91 Å². The number of nitrogens with zero attached hydrogens (tertiary/aromatic N) is 3. The Bertz CT molecular complexity index is 518. The van der Waals surface area contributed by atoms with Crippen LogP contribution in [0.4, 0.5) is 11.4 Å². The van der Waals surface area contributed by atoms with Crippen molar-refractivity contribution in [2.24, 2.45) is 5.73 Å². The second-order valence-electron chi connectivity index (χ2n) is 4.65. The van der Waals surface area contributed by atoms with Gasteiger partial charge in [0.1, 0.15) is 0 Å². The molecule has 1 aromatic rings. The number of carbonyl (C=O) groups excluding carboxylic acids is 1. The third-order valence-electron chi connectivity index (χ3n) is 2.95. The second kappa shape index (κ2) is 4.67. The van der Waals surface area contributed by atoms with E-state index < -0.39 is 0 Å². The molecule has 1 heterocycles. The van der Waals surface area contributed by atoms with Gasteiger partial charge >= 0.3 is 0 Å². The zero-order valence-corrected chi connectivity index (χ0v) is 10.6. The Morgan fingerprint density at radius 1 is 1.50 bits per heavy atom. The molecule has 5 heteroatoms. The van der Waals surface area contributed by atoms with E-state index in [4.69, 9.17) is 11.0 Å². The van der Waals surface area contributed by atoms with Crippen LogP contribution in [0.1, 0.15) is 12.5 Å². The van der Waals surface area contributed by atoms with Crippen LogP contribution in [0.3, 0.4) is 0 Å². The van der Waals surface area contributed by atoms with E-state index in [1.165, 1.54) is 0 Å². The van der Waals surface area contributed by atoms with Gasteiger partial charge in [-0.2, -0.15) is 5.26 Å². The summed E-state index contributed by atoms with van der Waals surface area (Å²) in [6.45, 7) is 2.68. The lowest BCUT2D eigenvalue weighted by atomic mass is 10.1. The predicted molar refractivity (Wildman–Crippen MR) is 70.4 cm³/mol. The number of rotatable bonds is 2. The average molecular weight is 244 g/mol. The number of nitriles is 1. The molecule has 0 saturated heterocycles. The van der Waals surface area contributed by atoms with Gasteiger partial charge in [0.05, 0.1) is 29.6 Å². The summed E-state index contributed by atoms with van der Waals surface area (Å²) in [5, 5.41) is 8.92. The Labute approximate surface area is 106 Å². The fourth-order valence-electron chi connectivity index (χ4n) is 2.12. The number of carbonyl (C=O) groups is 1. The minimum Gasteiger partial charge on any atom is -0.364 e.